The van der Waals surface area contributed by atoms with Crippen LogP contribution >= 0.6 is 0 Å². The maximum atomic E-state index is 6.52. The van der Waals surface area contributed by atoms with E-state index >= 15 is 0 Å². The molecule has 4 N–H and O–H groups in total. The quantitative estimate of drug-likeness (QED) is 0.877. The van der Waals surface area contributed by atoms with Crippen molar-refractivity contribution in [1.29, 1.82) is 0 Å². The lowest BCUT2D eigenvalue weighted by Gasteiger charge is -2.36. The number of rotatable bonds is 5. The fourth-order valence-electron chi connectivity index (χ4n) is 3.21. The molecule has 0 radical (unpaired) electrons. The fraction of sp³-hybridized carbons (Fsp3) is 0.400. The Morgan fingerprint density at radius 1 is 0.913 bits per heavy atom. The number of ether oxygens (including phenoxy) is 1. The van der Waals surface area contributed by atoms with Gasteiger partial charge in [0.1, 0.15) is 11.5 Å². The first-order valence-corrected chi connectivity index (χ1v) is 8.49. The Morgan fingerprint density at radius 2 is 1.52 bits per heavy atom. The molecular formula is C20H26N2O. The lowest BCUT2D eigenvalue weighted by Crippen LogP contribution is -2.46. The van der Waals surface area contributed by atoms with Crippen LogP contribution in [-0.4, -0.2) is 11.6 Å². The number of benzene rings is 2. The number of aryl methyl sites for hydroxylation is 1. The summed E-state index contributed by atoms with van der Waals surface area (Å²) in [5.74, 6) is 1.73. The summed E-state index contributed by atoms with van der Waals surface area (Å²) in [6, 6.07) is 18.5. The van der Waals surface area contributed by atoms with Crippen LogP contribution < -0.4 is 16.2 Å². The van der Waals surface area contributed by atoms with Gasteiger partial charge >= 0.3 is 0 Å². The fourth-order valence-corrected chi connectivity index (χ4v) is 3.21. The van der Waals surface area contributed by atoms with Gasteiger partial charge in [-0.3, -0.25) is 0 Å². The van der Waals surface area contributed by atoms with Gasteiger partial charge in [-0.25, -0.2) is 0 Å². The summed E-state index contributed by atoms with van der Waals surface area (Å²) >= 11 is 0. The largest absolute Gasteiger partial charge is 0.457 e. The van der Waals surface area contributed by atoms with E-state index in [1.807, 2.05) is 42.5 Å². The van der Waals surface area contributed by atoms with Crippen LogP contribution in [0.5, 0.6) is 11.5 Å². The minimum Gasteiger partial charge on any atom is -0.457 e. The molecule has 0 spiro atoms. The zero-order chi connectivity index (χ0) is 16.1. The Balaban J connectivity index is 1.53. The Hall–Kier alpha value is -1.84. The highest BCUT2D eigenvalue weighted by Gasteiger charge is 2.29. The highest BCUT2D eigenvalue weighted by molar-refractivity contribution is 5.33. The van der Waals surface area contributed by atoms with E-state index < -0.39 is 0 Å². The van der Waals surface area contributed by atoms with E-state index in [9.17, 15) is 0 Å². The summed E-state index contributed by atoms with van der Waals surface area (Å²) < 4.78 is 5.82. The number of nitrogens with two attached hydrogens (primary N) is 2. The Morgan fingerprint density at radius 3 is 2.17 bits per heavy atom. The van der Waals surface area contributed by atoms with E-state index in [0.717, 1.165) is 50.0 Å². The highest BCUT2D eigenvalue weighted by Crippen LogP contribution is 2.30. The average molecular weight is 310 g/mol. The number of hydrogen-bond acceptors (Lipinski definition) is 3. The predicted molar refractivity (Wildman–Crippen MR) is 94.6 cm³/mol. The van der Waals surface area contributed by atoms with E-state index in [-0.39, 0.29) is 5.54 Å². The molecule has 0 aromatic heterocycles. The van der Waals surface area contributed by atoms with Crippen LogP contribution in [0.2, 0.25) is 0 Å². The monoisotopic (exact) mass is 310 g/mol. The van der Waals surface area contributed by atoms with Gasteiger partial charge in [-0.15, -0.1) is 0 Å². The molecule has 2 aromatic rings. The molecular weight excluding hydrogens is 284 g/mol. The molecule has 0 heterocycles. The van der Waals surface area contributed by atoms with Gasteiger partial charge in [0.2, 0.25) is 0 Å². The topological polar surface area (TPSA) is 61.3 Å². The summed E-state index contributed by atoms with van der Waals surface area (Å²) in [5, 5.41) is 0. The third kappa shape index (κ3) is 4.57. The molecule has 122 valence electrons. The standard InChI is InChI=1S/C20H26N2O/c21-17-11-14-20(22,15-12-17)13-10-16-6-8-19(9-7-16)23-18-4-2-1-3-5-18/h1-9,17H,10-15,21-22H2. The third-order valence-corrected chi connectivity index (χ3v) is 4.84. The van der Waals surface area contributed by atoms with Crippen molar-refractivity contribution in [3.05, 3.63) is 60.2 Å². The van der Waals surface area contributed by atoms with Crippen molar-refractivity contribution in [3.63, 3.8) is 0 Å². The summed E-state index contributed by atoms with van der Waals surface area (Å²) in [7, 11) is 0. The predicted octanol–water partition coefficient (Wildman–Crippen LogP) is 4.01. The molecule has 0 unspecified atom stereocenters. The van der Waals surface area contributed by atoms with E-state index in [2.05, 4.69) is 12.1 Å². The first-order chi connectivity index (χ1) is 11.1. The van der Waals surface area contributed by atoms with Crippen molar-refractivity contribution in [2.45, 2.75) is 50.1 Å². The lowest BCUT2D eigenvalue weighted by molar-refractivity contribution is 0.258. The van der Waals surface area contributed by atoms with E-state index in [1.54, 1.807) is 0 Å². The maximum absolute atomic E-state index is 6.52. The molecule has 1 aliphatic rings. The minimum atomic E-state index is -0.0327. The van der Waals surface area contributed by atoms with Crippen molar-refractivity contribution in [3.8, 4) is 11.5 Å². The van der Waals surface area contributed by atoms with Crippen molar-refractivity contribution >= 4 is 0 Å². The van der Waals surface area contributed by atoms with Gasteiger partial charge in [0, 0.05) is 11.6 Å². The molecule has 2 aromatic carbocycles. The smallest absolute Gasteiger partial charge is 0.127 e. The Labute approximate surface area is 138 Å². The van der Waals surface area contributed by atoms with Gasteiger partial charge in [0.05, 0.1) is 0 Å². The Bertz CT molecular complexity index is 601. The SMILES string of the molecule is NC1CCC(N)(CCc2ccc(Oc3ccccc3)cc2)CC1. The van der Waals surface area contributed by atoms with Crippen LogP contribution in [0.4, 0.5) is 0 Å². The summed E-state index contributed by atoms with van der Waals surface area (Å²) in [5.41, 5.74) is 13.8. The minimum absolute atomic E-state index is 0.0327. The first kappa shape index (κ1) is 16.0. The molecule has 3 rings (SSSR count). The van der Waals surface area contributed by atoms with Crippen molar-refractivity contribution in [1.82, 2.24) is 0 Å². The van der Waals surface area contributed by atoms with Gasteiger partial charge in [-0.2, -0.15) is 0 Å². The molecule has 3 nitrogen and oxygen atoms in total. The molecule has 1 saturated carbocycles. The molecule has 0 aliphatic heterocycles. The molecule has 3 heteroatoms. The first-order valence-electron chi connectivity index (χ1n) is 8.49. The summed E-state index contributed by atoms with van der Waals surface area (Å²) in [4.78, 5) is 0. The maximum Gasteiger partial charge on any atom is 0.127 e. The lowest BCUT2D eigenvalue weighted by atomic mass is 9.77. The van der Waals surface area contributed by atoms with Crippen LogP contribution in [0.25, 0.3) is 0 Å². The Kier molecular flexibility index (Phi) is 4.99. The van der Waals surface area contributed by atoms with Gasteiger partial charge < -0.3 is 16.2 Å². The zero-order valence-electron chi connectivity index (χ0n) is 13.6. The second-order valence-electron chi connectivity index (χ2n) is 6.76. The molecule has 0 saturated heterocycles. The number of para-hydroxylation sites is 1. The normalized spacial score (nSPS) is 24.3. The van der Waals surface area contributed by atoms with E-state index in [0.29, 0.717) is 6.04 Å². The van der Waals surface area contributed by atoms with Crippen molar-refractivity contribution in [2.24, 2.45) is 11.5 Å². The van der Waals surface area contributed by atoms with E-state index in [1.165, 1.54) is 5.56 Å². The van der Waals surface area contributed by atoms with Gasteiger partial charge in [-0.05, 0) is 68.4 Å². The van der Waals surface area contributed by atoms with Gasteiger partial charge in [0.25, 0.3) is 0 Å². The third-order valence-electron chi connectivity index (χ3n) is 4.84. The second-order valence-corrected chi connectivity index (χ2v) is 6.76. The number of hydrogen-bond donors (Lipinski definition) is 2. The van der Waals surface area contributed by atoms with Crippen LogP contribution in [-0.2, 0) is 6.42 Å². The second kappa shape index (κ2) is 7.16. The van der Waals surface area contributed by atoms with Gasteiger partial charge in [-0.1, -0.05) is 30.3 Å². The van der Waals surface area contributed by atoms with Gasteiger partial charge in [0.15, 0.2) is 0 Å². The molecule has 0 atom stereocenters. The van der Waals surface area contributed by atoms with Crippen molar-refractivity contribution in [2.75, 3.05) is 0 Å². The van der Waals surface area contributed by atoms with Crippen LogP contribution in [0, 0.1) is 0 Å². The van der Waals surface area contributed by atoms with Crippen LogP contribution in [0.1, 0.15) is 37.7 Å². The van der Waals surface area contributed by atoms with Crippen LogP contribution in [0.3, 0.4) is 0 Å². The molecule has 1 aliphatic carbocycles. The van der Waals surface area contributed by atoms with E-state index in [4.69, 9.17) is 16.2 Å². The highest BCUT2D eigenvalue weighted by atomic mass is 16.5. The molecule has 1 fully saturated rings. The van der Waals surface area contributed by atoms with Crippen LogP contribution in [0.15, 0.2) is 54.6 Å². The summed E-state index contributed by atoms with van der Waals surface area (Å²) in [6.07, 6.45) is 6.24. The molecule has 0 bridgehead atoms. The average Bonchev–Trinajstić information content (AvgIpc) is 2.58. The molecule has 23 heavy (non-hydrogen) atoms. The van der Waals surface area contributed by atoms with Crippen molar-refractivity contribution < 1.29 is 4.74 Å². The zero-order valence-corrected chi connectivity index (χ0v) is 13.6. The molecule has 0 amide bonds. The summed E-state index contributed by atoms with van der Waals surface area (Å²) in [6.45, 7) is 0.